The lowest BCUT2D eigenvalue weighted by molar-refractivity contribution is -0.125. The number of benzene rings is 2. The fourth-order valence-electron chi connectivity index (χ4n) is 3.05. The number of nitrogens with zero attached hydrogens (tertiary/aromatic N) is 2. The first kappa shape index (κ1) is 16.8. The lowest BCUT2D eigenvalue weighted by Crippen LogP contribution is -2.55. The number of ether oxygens (including phenoxy) is 1. The summed E-state index contributed by atoms with van der Waals surface area (Å²) in [5, 5.41) is 0.610. The Hall–Kier alpha value is -2.04. The highest BCUT2D eigenvalue weighted by Crippen LogP contribution is 2.28. The Balaban J connectivity index is 1.74. The summed E-state index contributed by atoms with van der Waals surface area (Å²) in [5.41, 5.74) is 1.93. The van der Waals surface area contributed by atoms with E-state index in [1.54, 1.807) is 12.0 Å². The van der Waals surface area contributed by atoms with E-state index in [2.05, 4.69) is 11.0 Å². The van der Waals surface area contributed by atoms with Crippen molar-refractivity contribution < 1.29 is 9.53 Å². The van der Waals surface area contributed by atoms with Gasteiger partial charge in [0.2, 0.25) is 5.91 Å². The molecule has 0 radical (unpaired) electrons. The fourth-order valence-corrected chi connectivity index (χ4v) is 3.28. The molecule has 0 bridgehead atoms. The van der Waals surface area contributed by atoms with Crippen molar-refractivity contribution >= 4 is 23.2 Å². The number of hydrogen-bond donors (Lipinski definition) is 0. The summed E-state index contributed by atoms with van der Waals surface area (Å²) in [6, 6.07) is 15.3. The average Bonchev–Trinajstić information content (AvgIpc) is 2.60. The molecule has 0 spiro atoms. The van der Waals surface area contributed by atoms with Gasteiger partial charge in [-0.2, -0.15) is 0 Å². The minimum Gasteiger partial charge on any atom is -0.497 e. The Bertz CT molecular complexity index is 735. The van der Waals surface area contributed by atoms with Crippen LogP contribution >= 0.6 is 11.6 Å². The summed E-state index contributed by atoms with van der Waals surface area (Å²) in [7, 11) is 1.66. The Labute approximate surface area is 147 Å². The van der Waals surface area contributed by atoms with E-state index in [0.29, 0.717) is 11.6 Å². The van der Waals surface area contributed by atoms with E-state index in [-0.39, 0.29) is 11.9 Å². The van der Waals surface area contributed by atoms with Crippen LogP contribution in [0.2, 0.25) is 5.02 Å². The van der Waals surface area contributed by atoms with Gasteiger partial charge in [-0.3, -0.25) is 9.69 Å². The average molecular weight is 345 g/mol. The van der Waals surface area contributed by atoms with Gasteiger partial charge in [-0.05, 0) is 36.8 Å². The van der Waals surface area contributed by atoms with Crippen LogP contribution < -0.4 is 9.64 Å². The molecule has 0 N–H and O–H groups in total. The molecule has 4 nitrogen and oxygen atoms in total. The molecule has 2 aromatic rings. The molecule has 2 aromatic carbocycles. The van der Waals surface area contributed by atoms with Crippen LogP contribution in [-0.4, -0.2) is 37.0 Å². The largest absolute Gasteiger partial charge is 0.497 e. The number of amides is 1. The number of halogens is 1. The molecule has 1 saturated heterocycles. The third kappa shape index (κ3) is 3.40. The molecule has 0 saturated carbocycles. The zero-order valence-corrected chi connectivity index (χ0v) is 14.7. The maximum atomic E-state index is 12.8. The number of anilines is 1. The number of hydrogen-bond acceptors (Lipinski definition) is 3. The molecule has 1 aliphatic heterocycles. The molecular formula is C19H21ClN2O2. The summed E-state index contributed by atoms with van der Waals surface area (Å²) in [6.07, 6.45) is 0. The number of piperazine rings is 1. The first-order valence-electron chi connectivity index (χ1n) is 8.03. The van der Waals surface area contributed by atoms with Crippen LogP contribution in [0, 0.1) is 0 Å². The summed E-state index contributed by atoms with van der Waals surface area (Å²) < 4.78 is 5.27. The van der Waals surface area contributed by atoms with E-state index >= 15 is 0 Å². The van der Waals surface area contributed by atoms with Gasteiger partial charge in [0.05, 0.1) is 23.9 Å². The summed E-state index contributed by atoms with van der Waals surface area (Å²) in [5.74, 6) is 0.915. The SMILES string of the molecule is COc1cccc(CN2CCN(c3ccccc3Cl)C(=O)C2C)c1. The molecule has 0 aromatic heterocycles. The second-order valence-corrected chi connectivity index (χ2v) is 6.35. The highest BCUT2D eigenvalue weighted by molar-refractivity contribution is 6.33. The normalized spacial score (nSPS) is 18.7. The van der Waals surface area contributed by atoms with Crippen LogP contribution in [-0.2, 0) is 11.3 Å². The maximum absolute atomic E-state index is 12.8. The third-order valence-corrected chi connectivity index (χ3v) is 4.76. The van der Waals surface area contributed by atoms with Crippen molar-refractivity contribution in [3.63, 3.8) is 0 Å². The number of para-hydroxylation sites is 1. The van der Waals surface area contributed by atoms with Gasteiger partial charge < -0.3 is 9.64 Å². The van der Waals surface area contributed by atoms with Crippen molar-refractivity contribution in [3.8, 4) is 5.75 Å². The smallest absolute Gasteiger partial charge is 0.244 e. The molecule has 0 aliphatic carbocycles. The van der Waals surface area contributed by atoms with Crippen molar-refractivity contribution in [1.82, 2.24) is 4.90 Å². The molecule has 1 aliphatic rings. The number of carbonyl (C=O) groups is 1. The van der Waals surface area contributed by atoms with Gasteiger partial charge in [0, 0.05) is 19.6 Å². The zero-order chi connectivity index (χ0) is 17.1. The van der Waals surface area contributed by atoms with Gasteiger partial charge in [0.25, 0.3) is 0 Å². The molecular weight excluding hydrogens is 324 g/mol. The van der Waals surface area contributed by atoms with Gasteiger partial charge in [0.1, 0.15) is 5.75 Å². The second-order valence-electron chi connectivity index (χ2n) is 5.94. The van der Waals surface area contributed by atoms with Crippen LogP contribution in [0.5, 0.6) is 5.75 Å². The maximum Gasteiger partial charge on any atom is 0.244 e. The van der Waals surface area contributed by atoms with Crippen molar-refractivity contribution in [1.29, 1.82) is 0 Å². The van der Waals surface area contributed by atoms with Crippen LogP contribution in [0.4, 0.5) is 5.69 Å². The van der Waals surface area contributed by atoms with Crippen molar-refractivity contribution in [3.05, 3.63) is 59.1 Å². The highest BCUT2D eigenvalue weighted by atomic mass is 35.5. The molecule has 1 atom stereocenters. The summed E-state index contributed by atoms with van der Waals surface area (Å²) in [6.45, 7) is 4.11. The van der Waals surface area contributed by atoms with Gasteiger partial charge in [-0.15, -0.1) is 0 Å². The molecule has 3 rings (SSSR count). The van der Waals surface area contributed by atoms with Gasteiger partial charge in [-0.25, -0.2) is 0 Å². The zero-order valence-electron chi connectivity index (χ0n) is 13.9. The topological polar surface area (TPSA) is 32.8 Å². The van der Waals surface area contributed by atoms with Crippen molar-refractivity contribution in [2.24, 2.45) is 0 Å². The minimum atomic E-state index is -0.193. The molecule has 1 fully saturated rings. The predicted octanol–water partition coefficient (Wildman–Crippen LogP) is 3.59. The molecule has 1 amide bonds. The Morgan fingerprint density at radius 3 is 2.71 bits per heavy atom. The van der Waals surface area contributed by atoms with Crippen LogP contribution in [0.25, 0.3) is 0 Å². The van der Waals surface area contributed by atoms with Crippen LogP contribution in [0.15, 0.2) is 48.5 Å². The van der Waals surface area contributed by atoms with E-state index in [9.17, 15) is 4.79 Å². The molecule has 5 heteroatoms. The van der Waals surface area contributed by atoms with Crippen molar-refractivity contribution in [2.45, 2.75) is 19.5 Å². The van der Waals surface area contributed by atoms with E-state index < -0.39 is 0 Å². The predicted molar refractivity (Wildman–Crippen MR) is 96.7 cm³/mol. The number of methoxy groups -OCH3 is 1. The molecule has 24 heavy (non-hydrogen) atoms. The van der Waals surface area contributed by atoms with Crippen LogP contribution in [0.1, 0.15) is 12.5 Å². The summed E-state index contributed by atoms with van der Waals surface area (Å²) >= 11 is 6.25. The standard InChI is InChI=1S/C19H21ClN2O2/c1-14-19(23)22(18-9-4-3-8-17(18)20)11-10-21(14)13-15-6-5-7-16(12-15)24-2/h3-9,12,14H,10-11,13H2,1-2H3. The van der Waals surface area contributed by atoms with Gasteiger partial charge in [0.15, 0.2) is 0 Å². The lowest BCUT2D eigenvalue weighted by Gasteiger charge is -2.39. The number of carbonyl (C=O) groups excluding carboxylic acids is 1. The molecule has 1 unspecified atom stereocenters. The fraction of sp³-hybridized carbons (Fsp3) is 0.316. The highest BCUT2D eigenvalue weighted by Gasteiger charge is 2.32. The van der Waals surface area contributed by atoms with Crippen molar-refractivity contribution in [2.75, 3.05) is 25.1 Å². The van der Waals surface area contributed by atoms with Crippen LogP contribution in [0.3, 0.4) is 0 Å². The Kier molecular flexibility index (Phi) is 5.07. The Morgan fingerprint density at radius 1 is 1.17 bits per heavy atom. The van der Waals surface area contributed by atoms with E-state index in [1.165, 1.54) is 0 Å². The monoisotopic (exact) mass is 344 g/mol. The van der Waals surface area contributed by atoms with E-state index in [4.69, 9.17) is 16.3 Å². The lowest BCUT2D eigenvalue weighted by atomic mass is 10.1. The second kappa shape index (κ2) is 7.24. The third-order valence-electron chi connectivity index (χ3n) is 4.45. The minimum absolute atomic E-state index is 0.0808. The Morgan fingerprint density at radius 2 is 1.96 bits per heavy atom. The van der Waals surface area contributed by atoms with Gasteiger partial charge >= 0.3 is 0 Å². The first-order chi connectivity index (χ1) is 11.6. The quantitative estimate of drug-likeness (QED) is 0.849. The van der Waals surface area contributed by atoms with E-state index in [1.807, 2.05) is 49.4 Å². The summed E-state index contributed by atoms with van der Waals surface area (Å²) in [4.78, 5) is 16.8. The first-order valence-corrected chi connectivity index (χ1v) is 8.41. The molecule has 1 heterocycles. The number of rotatable bonds is 4. The molecule has 126 valence electrons. The van der Waals surface area contributed by atoms with E-state index in [0.717, 1.165) is 30.1 Å². The van der Waals surface area contributed by atoms with Gasteiger partial charge in [-0.1, -0.05) is 35.9 Å².